The number of hydrogen-bond acceptors (Lipinski definition) is 6. The van der Waals surface area contributed by atoms with Gasteiger partial charge in [0.25, 0.3) is 10.0 Å². The van der Waals surface area contributed by atoms with E-state index in [-0.39, 0.29) is 22.7 Å². The molecular weight excluding hydrogens is 502 g/mol. The number of benzene rings is 3. The molecule has 3 N–H and O–H groups in total. The van der Waals surface area contributed by atoms with Crippen LogP contribution in [0.2, 0.25) is 5.02 Å². The molecule has 3 aromatic carbocycles. The monoisotopic (exact) mass is 524 g/mol. The summed E-state index contributed by atoms with van der Waals surface area (Å²) in [6.45, 7) is 3.72. The van der Waals surface area contributed by atoms with Crippen LogP contribution in [0.4, 0.5) is 14.5 Å². The number of aryl methyl sites for hydroxylation is 1. The third-order valence-corrected chi connectivity index (χ3v) is 7.32. The Labute approximate surface area is 206 Å². The average molecular weight is 525 g/mol. The Kier molecular flexibility index (Phi) is 6.67. The van der Waals surface area contributed by atoms with E-state index in [2.05, 4.69) is 4.72 Å². The molecule has 4 rings (SSSR count). The molecule has 0 spiro atoms. The molecule has 35 heavy (non-hydrogen) atoms. The van der Waals surface area contributed by atoms with Crippen molar-refractivity contribution in [2.75, 3.05) is 18.3 Å². The fraction of sp³-hybridized carbons (Fsp3) is 0.250. The van der Waals surface area contributed by atoms with Crippen LogP contribution in [0.5, 0.6) is 11.5 Å². The van der Waals surface area contributed by atoms with Crippen molar-refractivity contribution in [2.24, 2.45) is 0 Å². The van der Waals surface area contributed by atoms with Crippen LogP contribution in [0.3, 0.4) is 0 Å². The quantitative estimate of drug-likeness (QED) is 0.390. The van der Waals surface area contributed by atoms with Crippen molar-refractivity contribution in [3.8, 4) is 22.6 Å². The summed E-state index contributed by atoms with van der Waals surface area (Å²) in [7, 11) is -3.02. The third-order valence-electron chi connectivity index (χ3n) is 5.66. The molecule has 1 aliphatic rings. The van der Waals surface area contributed by atoms with Gasteiger partial charge in [-0.15, -0.1) is 0 Å². The minimum Gasteiger partial charge on any atom is -0.505 e. The van der Waals surface area contributed by atoms with Crippen molar-refractivity contribution >= 4 is 27.3 Å². The van der Waals surface area contributed by atoms with Crippen LogP contribution >= 0.6 is 11.6 Å². The van der Waals surface area contributed by atoms with E-state index in [9.17, 15) is 27.4 Å². The normalized spacial score (nSPS) is 20.1. The molecular formula is C24H23ClF2N2O5S. The topological polar surface area (TPSA) is 99.1 Å². The molecule has 0 amide bonds. The molecule has 0 saturated carbocycles. The molecule has 0 radical (unpaired) electrons. The predicted molar refractivity (Wildman–Crippen MR) is 128 cm³/mol. The summed E-state index contributed by atoms with van der Waals surface area (Å²) >= 11 is 6.05. The largest absolute Gasteiger partial charge is 0.505 e. The van der Waals surface area contributed by atoms with Crippen molar-refractivity contribution in [3.63, 3.8) is 0 Å². The molecule has 0 aromatic heterocycles. The van der Waals surface area contributed by atoms with Crippen LogP contribution in [-0.2, 0) is 10.0 Å². The van der Waals surface area contributed by atoms with Crippen LogP contribution in [0.15, 0.2) is 47.4 Å². The molecule has 0 aliphatic carbocycles. The first-order valence-corrected chi connectivity index (χ1v) is 12.4. The van der Waals surface area contributed by atoms with Gasteiger partial charge in [-0.3, -0.25) is 9.62 Å². The number of nitrogens with one attached hydrogen (secondary N) is 1. The van der Waals surface area contributed by atoms with Gasteiger partial charge in [0, 0.05) is 23.7 Å². The van der Waals surface area contributed by atoms with Gasteiger partial charge in [0.1, 0.15) is 34.6 Å². The number of hydrogen-bond donors (Lipinski definition) is 3. The second-order valence-corrected chi connectivity index (χ2v) is 10.6. The van der Waals surface area contributed by atoms with E-state index in [1.54, 1.807) is 39.1 Å². The molecule has 0 fully saturated rings. The van der Waals surface area contributed by atoms with Gasteiger partial charge < -0.3 is 14.9 Å². The van der Waals surface area contributed by atoms with E-state index in [0.717, 1.165) is 17.7 Å². The zero-order valence-electron chi connectivity index (χ0n) is 19.0. The third kappa shape index (κ3) is 4.92. The summed E-state index contributed by atoms with van der Waals surface area (Å²) in [4.78, 5) is 0.818. The summed E-state index contributed by atoms with van der Waals surface area (Å²) < 4.78 is 64.0. The van der Waals surface area contributed by atoms with Gasteiger partial charge in [-0.1, -0.05) is 23.2 Å². The number of anilines is 1. The molecule has 4 bridgehead atoms. The number of phenols is 1. The number of aliphatic hydroxyl groups is 1. The Morgan fingerprint density at radius 1 is 1.11 bits per heavy atom. The van der Waals surface area contributed by atoms with E-state index < -0.39 is 50.3 Å². The van der Waals surface area contributed by atoms with Gasteiger partial charge in [-0.05, 0) is 56.8 Å². The molecule has 186 valence electrons. The molecule has 7 nitrogen and oxygen atoms in total. The Bertz CT molecular complexity index is 1420. The summed E-state index contributed by atoms with van der Waals surface area (Å²) in [5, 5.41) is 20.9. The van der Waals surface area contributed by atoms with Gasteiger partial charge in [-0.2, -0.15) is 0 Å². The highest BCUT2D eigenvalue weighted by Gasteiger charge is 2.28. The minimum atomic E-state index is -4.61. The SMILES string of the molecule is Cc1ccc2c(c1)-c1cc(c(F)cc1F)NS(=O)(=O)c1cc(cc(Cl)c1O)C(O)N(C)C[C@H](C)O2. The standard InChI is InChI=1S/C24H23ClF2N2O5S/c1-12-4-5-21-16(6-12)15-9-20(19(27)10-18(15)26)28-35(32,33)22-8-14(7-17(25)23(22)30)24(31)29(3)11-13(2)34-21/h4-10,13,24,28,30-31H,11H2,1-3H3/t13-,24?/m0/s1. The van der Waals surface area contributed by atoms with Crippen LogP contribution in [0, 0.1) is 18.6 Å². The van der Waals surface area contributed by atoms with Gasteiger partial charge in [0.15, 0.2) is 5.75 Å². The Morgan fingerprint density at radius 3 is 2.54 bits per heavy atom. The first-order valence-electron chi connectivity index (χ1n) is 10.6. The number of halogens is 3. The summed E-state index contributed by atoms with van der Waals surface area (Å²) in [5.41, 5.74) is 0.505. The van der Waals surface area contributed by atoms with E-state index in [0.29, 0.717) is 17.4 Å². The highest BCUT2D eigenvalue weighted by Crippen LogP contribution is 2.39. The van der Waals surface area contributed by atoms with E-state index in [4.69, 9.17) is 16.3 Å². The van der Waals surface area contributed by atoms with E-state index in [1.165, 1.54) is 11.0 Å². The Balaban J connectivity index is 1.98. The Hall–Kier alpha value is -2.92. The average Bonchev–Trinajstić information content (AvgIpc) is 2.77. The maximum atomic E-state index is 14.9. The number of likely N-dealkylation sites (N-methyl/N-ethyl adjacent to an activating group) is 1. The molecule has 2 atom stereocenters. The number of aromatic hydroxyl groups is 1. The van der Waals surface area contributed by atoms with Crippen molar-refractivity contribution in [3.05, 3.63) is 70.2 Å². The molecule has 3 aromatic rings. The number of rotatable bonds is 0. The number of fused-ring (bicyclic) bond motifs is 6. The lowest BCUT2D eigenvalue weighted by Gasteiger charge is -2.28. The summed E-state index contributed by atoms with van der Waals surface area (Å²) in [6, 6.07) is 8.91. The van der Waals surface area contributed by atoms with E-state index >= 15 is 0 Å². The molecule has 0 saturated heterocycles. The molecule has 1 unspecified atom stereocenters. The molecule has 1 heterocycles. The fourth-order valence-corrected chi connectivity index (χ4v) is 5.45. The minimum absolute atomic E-state index is 0.0778. The van der Waals surface area contributed by atoms with Gasteiger partial charge in [-0.25, -0.2) is 17.2 Å². The highest BCUT2D eigenvalue weighted by molar-refractivity contribution is 7.92. The number of nitrogens with zero attached hydrogens (tertiary/aromatic N) is 1. The van der Waals surface area contributed by atoms with E-state index in [1.807, 2.05) is 0 Å². The zero-order chi connectivity index (χ0) is 25.7. The first kappa shape index (κ1) is 25.2. The van der Waals surface area contributed by atoms with Crippen LogP contribution < -0.4 is 9.46 Å². The van der Waals surface area contributed by atoms with Crippen molar-refractivity contribution in [2.45, 2.75) is 31.1 Å². The molecule has 11 heteroatoms. The van der Waals surface area contributed by atoms with Gasteiger partial charge in [0.2, 0.25) is 0 Å². The van der Waals surface area contributed by atoms with Gasteiger partial charge in [0.05, 0.1) is 10.7 Å². The second kappa shape index (κ2) is 9.27. The maximum Gasteiger partial charge on any atom is 0.265 e. The van der Waals surface area contributed by atoms with Crippen LogP contribution in [0.1, 0.15) is 24.3 Å². The fourth-order valence-electron chi connectivity index (χ4n) is 3.95. The van der Waals surface area contributed by atoms with Crippen LogP contribution in [0.25, 0.3) is 11.1 Å². The van der Waals surface area contributed by atoms with Crippen molar-refractivity contribution < 1.29 is 32.1 Å². The number of phenolic OH excluding ortho intramolecular Hbond substituents is 1. The highest BCUT2D eigenvalue weighted by atomic mass is 35.5. The zero-order valence-corrected chi connectivity index (χ0v) is 20.6. The summed E-state index contributed by atoms with van der Waals surface area (Å²) in [6.07, 6.45) is -1.82. The van der Waals surface area contributed by atoms with Crippen molar-refractivity contribution in [1.82, 2.24) is 4.90 Å². The van der Waals surface area contributed by atoms with Crippen LogP contribution in [-0.4, -0.2) is 43.2 Å². The maximum absolute atomic E-state index is 14.9. The number of aliphatic hydroxyl groups excluding tert-OH is 1. The first-order chi connectivity index (χ1) is 16.4. The van der Waals surface area contributed by atoms with Crippen molar-refractivity contribution in [1.29, 1.82) is 0 Å². The molecule has 1 aliphatic heterocycles. The van der Waals surface area contributed by atoms with Gasteiger partial charge >= 0.3 is 0 Å². The Morgan fingerprint density at radius 2 is 1.83 bits per heavy atom. The lowest BCUT2D eigenvalue weighted by Crippen LogP contribution is -2.34. The second-order valence-electron chi connectivity index (χ2n) is 8.51. The lowest BCUT2D eigenvalue weighted by atomic mass is 10.0. The predicted octanol–water partition coefficient (Wildman–Crippen LogP) is 4.80. The summed E-state index contributed by atoms with van der Waals surface area (Å²) in [5.74, 6) is -2.56. The smallest absolute Gasteiger partial charge is 0.265 e. The lowest BCUT2D eigenvalue weighted by molar-refractivity contribution is 0.000339. The number of sulfonamides is 1. The number of ether oxygens (including phenoxy) is 1.